The van der Waals surface area contributed by atoms with Crippen molar-refractivity contribution in [2.45, 2.75) is 137 Å². The van der Waals surface area contributed by atoms with Crippen molar-refractivity contribution in [1.29, 1.82) is 0 Å². The molecule has 0 aliphatic rings. The fourth-order valence-electron chi connectivity index (χ4n) is 6.34. The van der Waals surface area contributed by atoms with Crippen molar-refractivity contribution in [2.75, 3.05) is 37.3 Å². The average molecular weight is 756 g/mol. The molecule has 53 heavy (non-hydrogen) atoms. The summed E-state index contributed by atoms with van der Waals surface area (Å²) in [5.74, 6) is 2.20. The minimum absolute atomic E-state index is 0.527. The summed E-state index contributed by atoms with van der Waals surface area (Å²) < 4.78 is 53.1. The van der Waals surface area contributed by atoms with Crippen LogP contribution in [0.1, 0.15) is 116 Å². The Morgan fingerprint density at radius 3 is 1.00 bits per heavy atom. The van der Waals surface area contributed by atoms with E-state index in [2.05, 4.69) is 36.7 Å². The van der Waals surface area contributed by atoms with Crippen molar-refractivity contribution in [1.82, 2.24) is 0 Å². The molecule has 3 rings (SSSR count). The molecule has 3 aromatic rings. The molecule has 0 radical (unpaired) electrons. The third kappa shape index (κ3) is 13.1. The summed E-state index contributed by atoms with van der Waals surface area (Å²) in [5, 5.41) is 10.6. The molecule has 0 fully saturated rings. The van der Waals surface area contributed by atoms with Gasteiger partial charge in [-0.2, -0.15) is 0 Å². The van der Waals surface area contributed by atoms with Gasteiger partial charge in [-0.25, -0.2) is 4.57 Å². The predicted octanol–water partition coefficient (Wildman–Crippen LogP) is 12.2. The Balaban J connectivity index is 2.18. The molecule has 3 atom stereocenters. The molecule has 3 aromatic carbocycles. The van der Waals surface area contributed by atoms with E-state index < -0.39 is 25.0 Å². The van der Waals surface area contributed by atoms with Gasteiger partial charge < -0.3 is 30.2 Å². The molecule has 3 N–H and O–H groups in total. The van der Waals surface area contributed by atoms with E-state index >= 15 is 4.57 Å². The highest BCUT2D eigenvalue weighted by Crippen LogP contribution is 2.60. The summed E-state index contributed by atoms with van der Waals surface area (Å²) in [7, 11) is 0.466. The van der Waals surface area contributed by atoms with Gasteiger partial charge in [0.15, 0.2) is 0 Å². The van der Waals surface area contributed by atoms with E-state index in [4.69, 9.17) is 27.8 Å². The number of hydrogen-bond donors (Lipinski definition) is 3. The van der Waals surface area contributed by atoms with Gasteiger partial charge in [-0.3, -0.25) is 13.6 Å². The van der Waals surface area contributed by atoms with Crippen LogP contribution in [0.15, 0.2) is 54.6 Å². The number of aryl methyl sites for hydroxylation is 3. The molecule has 0 aliphatic heterocycles. The predicted molar refractivity (Wildman–Crippen MR) is 219 cm³/mol. The number of nitrogens with one attached hydrogen (secondary N) is 3. The summed E-state index contributed by atoms with van der Waals surface area (Å²) in [6.45, 7) is 18.0. The molecule has 0 aromatic heterocycles. The number of phosphoric acid groups is 1. The SMILES string of the molecule is CCCCC(C)(Nc1ccc(C)c(OC)c1)OP(=O)(OC(C)(CCCC)Nc1ccc(C)c(OC)c1)OC(C)(CCCC)Nc1ccc(C)c(OC)c1. The molecule has 0 amide bonds. The Hall–Kier alpha value is -3.43. The van der Waals surface area contributed by atoms with Crippen LogP contribution in [0.2, 0.25) is 0 Å². The molecule has 11 heteroatoms. The monoisotopic (exact) mass is 755 g/mol. The number of benzene rings is 3. The highest BCUT2D eigenvalue weighted by Gasteiger charge is 2.48. The van der Waals surface area contributed by atoms with Gasteiger partial charge in [0.05, 0.1) is 21.3 Å². The molecular formula is C42H66N3O7P. The lowest BCUT2D eigenvalue weighted by atomic mass is 10.1. The van der Waals surface area contributed by atoms with Crippen LogP contribution in [0.5, 0.6) is 17.2 Å². The van der Waals surface area contributed by atoms with Gasteiger partial charge in [0.25, 0.3) is 0 Å². The maximum Gasteiger partial charge on any atom is 0.481 e. The molecule has 3 unspecified atom stereocenters. The van der Waals surface area contributed by atoms with Crippen molar-refractivity contribution >= 4 is 24.9 Å². The first-order valence-electron chi connectivity index (χ1n) is 19.1. The molecule has 296 valence electrons. The molecule has 10 nitrogen and oxygen atoms in total. The van der Waals surface area contributed by atoms with Crippen molar-refractivity contribution in [3.8, 4) is 17.2 Å². The van der Waals surface area contributed by atoms with Gasteiger partial charge in [0, 0.05) is 35.3 Å². The standard InChI is InChI=1S/C42H66N3O7P/c1-13-16-25-40(7,43-34-22-19-31(4)37(28-34)47-10)50-53(46,51-41(8,26-17-14-2)44-35-23-20-32(5)38(29-35)48-11)52-42(9,27-18-15-3)45-36-24-21-33(6)39(30-36)49-12/h19-24,28-30,43-45H,13-18,25-27H2,1-12H3. The van der Waals surface area contributed by atoms with Crippen LogP contribution in [0.3, 0.4) is 0 Å². The molecule has 0 aliphatic carbocycles. The van der Waals surface area contributed by atoms with Crippen LogP contribution in [-0.4, -0.2) is 38.5 Å². The van der Waals surface area contributed by atoms with Crippen LogP contribution in [-0.2, 0) is 18.1 Å². The van der Waals surface area contributed by atoms with Crippen LogP contribution in [0.4, 0.5) is 17.1 Å². The number of unbranched alkanes of at least 4 members (excludes halogenated alkanes) is 3. The van der Waals surface area contributed by atoms with Gasteiger partial charge >= 0.3 is 7.82 Å². The Morgan fingerprint density at radius 2 is 0.774 bits per heavy atom. The smallest absolute Gasteiger partial charge is 0.481 e. The highest BCUT2D eigenvalue weighted by atomic mass is 31.2. The van der Waals surface area contributed by atoms with Crippen LogP contribution < -0.4 is 30.2 Å². The van der Waals surface area contributed by atoms with Crippen molar-refractivity contribution in [3.63, 3.8) is 0 Å². The van der Waals surface area contributed by atoms with Gasteiger partial charge in [-0.15, -0.1) is 0 Å². The molecular weight excluding hydrogens is 689 g/mol. The number of hydrogen-bond acceptors (Lipinski definition) is 10. The van der Waals surface area contributed by atoms with E-state index in [9.17, 15) is 0 Å². The zero-order chi connectivity index (χ0) is 39.3. The van der Waals surface area contributed by atoms with E-state index in [1.807, 2.05) is 96.1 Å². The largest absolute Gasteiger partial charge is 0.496 e. The normalized spacial score (nSPS) is 16.0. The minimum atomic E-state index is -4.48. The van der Waals surface area contributed by atoms with E-state index in [1.54, 1.807) is 21.3 Å². The molecule has 0 spiro atoms. The van der Waals surface area contributed by atoms with Gasteiger partial charge in [-0.1, -0.05) is 58.2 Å². The first-order valence-corrected chi connectivity index (χ1v) is 20.5. The molecule has 0 saturated heterocycles. The molecule has 0 saturated carbocycles. The maximum atomic E-state index is 15.8. The second kappa shape index (κ2) is 19.8. The maximum absolute atomic E-state index is 15.8. The van der Waals surface area contributed by atoms with Crippen molar-refractivity contribution in [3.05, 3.63) is 71.3 Å². The van der Waals surface area contributed by atoms with E-state index in [-0.39, 0.29) is 0 Å². The van der Waals surface area contributed by atoms with Crippen LogP contribution in [0.25, 0.3) is 0 Å². The number of ether oxygens (including phenoxy) is 3. The second-order valence-electron chi connectivity index (χ2n) is 14.7. The third-order valence-corrected chi connectivity index (χ3v) is 11.3. The van der Waals surface area contributed by atoms with Gasteiger partial charge in [0.2, 0.25) is 0 Å². The summed E-state index contributed by atoms with van der Waals surface area (Å²) in [6, 6.07) is 17.6. The lowest BCUT2D eigenvalue weighted by Gasteiger charge is -2.42. The Kier molecular flexibility index (Phi) is 16.4. The fraction of sp³-hybridized carbons (Fsp3) is 0.571. The topological polar surface area (TPSA) is 109 Å². The van der Waals surface area contributed by atoms with Crippen LogP contribution in [0, 0.1) is 20.8 Å². The highest BCUT2D eigenvalue weighted by molar-refractivity contribution is 7.48. The van der Waals surface area contributed by atoms with Crippen molar-refractivity contribution in [2.24, 2.45) is 0 Å². The molecule has 0 heterocycles. The lowest BCUT2D eigenvalue weighted by Crippen LogP contribution is -2.44. The van der Waals surface area contributed by atoms with E-state index in [0.717, 1.165) is 89.5 Å². The quantitative estimate of drug-likeness (QED) is 0.0604. The number of phosphoric ester groups is 1. The van der Waals surface area contributed by atoms with Crippen LogP contribution >= 0.6 is 7.82 Å². The third-order valence-electron chi connectivity index (χ3n) is 9.41. The Labute approximate surface area is 319 Å². The minimum Gasteiger partial charge on any atom is -0.496 e. The van der Waals surface area contributed by atoms with Crippen molar-refractivity contribution < 1.29 is 32.3 Å². The Morgan fingerprint density at radius 1 is 0.509 bits per heavy atom. The zero-order valence-electron chi connectivity index (χ0n) is 34.4. The average Bonchev–Trinajstić information content (AvgIpc) is 3.11. The van der Waals surface area contributed by atoms with E-state index in [1.165, 1.54) is 0 Å². The summed E-state index contributed by atoms with van der Waals surface area (Å²) in [4.78, 5) is 0. The number of anilines is 3. The van der Waals surface area contributed by atoms with Gasteiger partial charge in [-0.05, 0) is 115 Å². The lowest BCUT2D eigenvalue weighted by molar-refractivity contribution is -0.0408. The zero-order valence-corrected chi connectivity index (χ0v) is 35.3. The van der Waals surface area contributed by atoms with Gasteiger partial charge in [0.1, 0.15) is 34.4 Å². The second-order valence-corrected chi connectivity index (χ2v) is 16.1. The molecule has 0 bridgehead atoms. The number of rotatable bonds is 24. The first kappa shape index (κ1) is 44.0. The fourth-order valence-corrected chi connectivity index (χ4v) is 8.34. The number of methoxy groups -OCH3 is 3. The first-order chi connectivity index (χ1) is 25.1. The Bertz CT molecular complexity index is 1470. The van der Waals surface area contributed by atoms with E-state index in [0.29, 0.717) is 19.3 Å². The summed E-state index contributed by atoms with van der Waals surface area (Å²) in [5.41, 5.74) is 1.79. The summed E-state index contributed by atoms with van der Waals surface area (Å²) in [6.07, 6.45) is 6.69. The summed E-state index contributed by atoms with van der Waals surface area (Å²) >= 11 is 0.